The Hall–Kier alpha value is -3.75. The number of carbonyl (C=O) groups excluding carboxylic acids is 2. The lowest BCUT2D eigenvalue weighted by molar-refractivity contribution is -0.383. The second kappa shape index (κ2) is 15.6. The van der Waals surface area contributed by atoms with Gasteiger partial charge in [0.05, 0.1) is 11.2 Å². The van der Waals surface area contributed by atoms with Crippen molar-refractivity contribution in [2.24, 2.45) is 23.7 Å². The van der Waals surface area contributed by atoms with Gasteiger partial charge in [-0.3, -0.25) is 4.79 Å². The van der Waals surface area contributed by atoms with Crippen molar-refractivity contribution in [3.63, 3.8) is 0 Å². The molecule has 13 heteroatoms. The summed E-state index contributed by atoms with van der Waals surface area (Å²) in [6.45, 7) is 13.5. The number of rotatable bonds is 17. The van der Waals surface area contributed by atoms with Gasteiger partial charge in [-0.15, -0.1) is 11.3 Å². The molecule has 0 amide bonds. The zero-order chi connectivity index (χ0) is 37.0. The summed E-state index contributed by atoms with van der Waals surface area (Å²) in [4.78, 5) is 56.4. The third-order valence-electron chi connectivity index (χ3n) is 10.0. The Kier molecular flexibility index (Phi) is 12.2. The first-order chi connectivity index (χ1) is 23.5. The van der Waals surface area contributed by atoms with Crippen LogP contribution in [0, 0.1) is 23.7 Å². The first kappa shape index (κ1) is 39.0. The highest BCUT2D eigenvalue weighted by Gasteiger charge is 2.85. The smallest absolute Gasteiger partial charge is 0.344 e. The number of hydrogen-bond donors (Lipinski definition) is 4. The molecule has 4 N–H and O–H groups in total. The summed E-state index contributed by atoms with van der Waals surface area (Å²) in [7, 11) is 0. The van der Waals surface area contributed by atoms with Crippen molar-refractivity contribution in [2.45, 2.75) is 102 Å². The molecule has 1 aromatic carbocycles. The molecule has 2 aliphatic heterocycles. The maximum Gasteiger partial charge on any atom is 0.344 e. The Balaban J connectivity index is 1.73. The van der Waals surface area contributed by atoms with Crippen LogP contribution in [0.5, 0.6) is 0 Å². The predicted octanol–water partition coefficient (Wildman–Crippen LogP) is 4.90. The van der Waals surface area contributed by atoms with E-state index in [0.29, 0.717) is 17.9 Å². The fourth-order valence-corrected chi connectivity index (χ4v) is 7.88. The van der Waals surface area contributed by atoms with Gasteiger partial charge in [0.2, 0.25) is 17.0 Å². The number of allylic oxidation sites excluding steroid dienone is 2. The fraction of sp³-hybridized carbons (Fsp3) is 0.541. The molecule has 0 unspecified atom stereocenters. The lowest BCUT2D eigenvalue weighted by Crippen LogP contribution is -2.74. The molecule has 12 nitrogen and oxygen atoms in total. The van der Waals surface area contributed by atoms with E-state index in [1.54, 1.807) is 6.08 Å². The molecular weight excluding hydrogens is 666 g/mol. The van der Waals surface area contributed by atoms with Crippen LogP contribution in [-0.4, -0.2) is 78.3 Å². The lowest BCUT2D eigenvalue weighted by Gasteiger charge is -2.49. The van der Waals surface area contributed by atoms with Gasteiger partial charge < -0.3 is 34.6 Å². The molecule has 50 heavy (non-hydrogen) atoms. The van der Waals surface area contributed by atoms with E-state index in [1.807, 2.05) is 51.1 Å². The average Bonchev–Trinajstić information content (AvgIpc) is 3.67. The van der Waals surface area contributed by atoms with Crippen LogP contribution < -0.4 is 0 Å². The van der Waals surface area contributed by atoms with E-state index >= 15 is 0 Å². The summed E-state index contributed by atoms with van der Waals surface area (Å²) in [6, 6.07) is 9.59. The minimum Gasteiger partial charge on any atom is -0.479 e. The Morgan fingerprint density at radius 1 is 1.12 bits per heavy atom. The minimum atomic E-state index is -3.43. The topological polar surface area (TPSA) is 190 Å². The number of nitrogens with zero attached hydrogens (tertiary/aromatic N) is 1. The number of thiazole rings is 1. The van der Waals surface area contributed by atoms with E-state index in [-0.39, 0.29) is 36.2 Å². The number of aliphatic hydroxyl groups excluding tert-OH is 1. The van der Waals surface area contributed by atoms with Crippen LogP contribution >= 0.6 is 11.3 Å². The van der Waals surface area contributed by atoms with Gasteiger partial charge in [0, 0.05) is 23.8 Å². The van der Waals surface area contributed by atoms with E-state index in [1.165, 1.54) is 17.8 Å². The quantitative estimate of drug-likeness (QED) is 0.0987. The Bertz CT molecular complexity index is 1580. The zero-order valence-electron chi connectivity index (χ0n) is 29.0. The van der Waals surface area contributed by atoms with Gasteiger partial charge in [-0.2, -0.15) is 0 Å². The fourth-order valence-electron chi connectivity index (χ4n) is 7.31. The second-order valence-corrected chi connectivity index (χ2v) is 14.5. The Morgan fingerprint density at radius 2 is 1.80 bits per heavy atom. The first-order valence-electron chi connectivity index (χ1n) is 16.8. The predicted molar refractivity (Wildman–Crippen MR) is 183 cm³/mol. The summed E-state index contributed by atoms with van der Waals surface area (Å²) < 4.78 is 17.6. The Labute approximate surface area is 295 Å². The van der Waals surface area contributed by atoms with Crippen molar-refractivity contribution in [1.29, 1.82) is 0 Å². The maximum atomic E-state index is 13.3. The number of carboxylic acids is 2. The number of ether oxygens (including phenoxy) is 3. The normalized spacial score (nSPS) is 29.9. The van der Waals surface area contributed by atoms with Gasteiger partial charge in [0.25, 0.3) is 0 Å². The number of benzene rings is 1. The van der Waals surface area contributed by atoms with E-state index in [2.05, 4.69) is 18.5 Å². The molecule has 10 atom stereocenters. The number of aliphatic hydroxyl groups is 2. The number of hydrogen-bond acceptors (Lipinski definition) is 11. The molecule has 0 saturated carbocycles. The molecule has 3 heterocycles. The van der Waals surface area contributed by atoms with Gasteiger partial charge >= 0.3 is 17.9 Å². The van der Waals surface area contributed by atoms with E-state index < -0.39 is 59.1 Å². The van der Waals surface area contributed by atoms with E-state index in [4.69, 9.17) is 14.2 Å². The van der Waals surface area contributed by atoms with E-state index in [0.717, 1.165) is 35.8 Å². The minimum absolute atomic E-state index is 0.0425. The van der Waals surface area contributed by atoms with Crippen LogP contribution in [0.2, 0.25) is 0 Å². The molecule has 1 aromatic heterocycles. The van der Waals surface area contributed by atoms with Crippen LogP contribution in [0.25, 0.3) is 0 Å². The van der Waals surface area contributed by atoms with Crippen LogP contribution in [0.4, 0.5) is 0 Å². The van der Waals surface area contributed by atoms with Crippen molar-refractivity contribution in [3.05, 3.63) is 76.8 Å². The highest BCUT2D eigenvalue weighted by Crippen LogP contribution is 2.59. The molecule has 2 aliphatic rings. The summed E-state index contributed by atoms with van der Waals surface area (Å²) in [6.07, 6.45) is -1.81. The largest absolute Gasteiger partial charge is 0.479 e. The van der Waals surface area contributed by atoms with Crippen LogP contribution in [0.15, 0.2) is 65.5 Å². The van der Waals surface area contributed by atoms with Crippen LogP contribution in [0.1, 0.15) is 77.7 Å². The maximum absolute atomic E-state index is 13.3. The van der Waals surface area contributed by atoms with Crippen LogP contribution in [-0.2, 0) is 39.8 Å². The number of carbonyl (C=O) groups is 4. The summed E-state index contributed by atoms with van der Waals surface area (Å²) in [5.41, 5.74) is -4.02. The van der Waals surface area contributed by atoms with Crippen molar-refractivity contribution >= 4 is 35.0 Å². The van der Waals surface area contributed by atoms with Crippen molar-refractivity contribution in [1.82, 2.24) is 4.98 Å². The van der Waals surface area contributed by atoms with E-state index in [9.17, 15) is 39.6 Å². The zero-order valence-corrected chi connectivity index (χ0v) is 29.8. The van der Waals surface area contributed by atoms with Gasteiger partial charge in [-0.05, 0) is 49.5 Å². The third-order valence-corrected chi connectivity index (χ3v) is 10.6. The van der Waals surface area contributed by atoms with Crippen LogP contribution in [0.3, 0.4) is 0 Å². The standard InChI is InChI=1S/C37H47NO11S/c1-7-21(2)17-22(3)13-14-28(40)47-32-30(41)35(16-15-23(4)29(25(6)39)24(5)18-26-11-9-8-10-12-26)48-31(27-19-50-20-38-27)36(46,33(42)43)37(32,49-35)34(44)45/h8-14,19-22,24,29-32,41,46H,4,7,15-18H2,1-3,5-6H3,(H,42,43)(H,44,45)/b14-13+/t21-,22+,24+,29+,30+,31+,32+,35-,36+,37-/m0/s1. The van der Waals surface area contributed by atoms with Gasteiger partial charge in [-0.1, -0.05) is 82.7 Å². The monoisotopic (exact) mass is 713 g/mol. The number of carboxylic acid groups (broad SMARTS) is 2. The molecule has 0 aliphatic carbocycles. The number of aromatic nitrogens is 1. The molecule has 2 saturated heterocycles. The summed E-state index contributed by atoms with van der Waals surface area (Å²) in [5.74, 6) is -8.15. The number of Topliss-reactive ketones (excluding diaryl/α,β-unsaturated/α-hetero) is 1. The molecular formula is C37H47NO11S. The number of ketones is 1. The molecule has 2 bridgehead atoms. The summed E-state index contributed by atoms with van der Waals surface area (Å²) >= 11 is 1.04. The molecule has 2 aromatic rings. The van der Waals surface area contributed by atoms with Crippen molar-refractivity contribution < 1.29 is 53.8 Å². The highest BCUT2D eigenvalue weighted by atomic mass is 32.1. The molecule has 0 spiro atoms. The second-order valence-electron chi connectivity index (χ2n) is 13.7. The van der Waals surface area contributed by atoms with Gasteiger partial charge in [-0.25, -0.2) is 19.4 Å². The van der Waals surface area contributed by atoms with Gasteiger partial charge in [0.15, 0.2) is 6.10 Å². The first-order valence-corrected chi connectivity index (χ1v) is 17.7. The molecule has 0 radical (unpaired) electrons. The average molecular weight is 714 g/mol. The molecule has 4 rings (SSSR count). The number of esters is 1. The summed E-state index contributed by atoms with van der Waals surface area (Å²) in [5, 5.41) is 46.4. The highest BCUT2D eigenvalue weighted by molar-refractivity contribution is 7.07. The molecule has 272 valence electrons. The SMILES string of the molecule is C=C(CC[C@]12O[C@H](c3cscn3)[C@@](O)(C(=O)O)[C@](C(=O)O)(O1)[C@H](OC(=O)/C=C/[C@@H](C)C[C@@H](C)CC)[C@H]2O)[C@@H](C(C)=O)[C@H](C)Cc1ccccc1. The number of aliphatic carboxylic acids is 2. The van der Waals surface area contributed by atoms with Crippen molar-refractivity contribution in [3.8, 4) is 0 Å². The third kappa shape index (κ3) is 7.33. The van der Waals surface area contributed by atoms with Crippen molar-refractivity contribution in [2.75, 3.05) is 0 Å². The lowest BCUT2D eigenvalue weighted by atomic mass is 9.74. The molecule has 2 fully saturated rings. The Morgan fingerprint density at radius 3 is 2.36 bits per heavy atom. The number of fused-ring (bicyclic) bond motifs is 2. The van der Waals surface area contributed by atoms with Gasteiger partial charge in [0.1, 0.15) is 18.0 Å².